The first-order valence-electron chi connectivity index (χ1n) is 8.59. The summed E-state index contributed by atoms with van der Waals surface area (Å²) in [6, 6.07) is 7.22. The van der Waals surface area contributed by atoms with Gasteiger partial charge in [0, 0.05) is 12.6 Å². The molecule has 0 spiro atoms. The van der Waals surface area contributed by atoms with Crippen LogP contribution in [0, 0.1) is 19.8 Å². The summed E-state index contributed by atoms with van der Waals surface area (Å²) in [5.74, 6) is 0.719. The Kier molecular flexibility index (Phi) is 6.25. The van der Waals surface area contributed by atoms with Gasteiger partial charge in [-0.15, -0.1) is 0 Å². The molecule has 21 heavy (non-hydrogen) atoms. The minimum Gasteiger partial charge on any atom is -0.310 e. The maximum absolute atomic E-state index is 3.72. The molecule has 1 aromatic rings. The van der Waals surface area contributed by atoms with Crippen molar-refractivity contribution in [1.29, 1.82) is 0 Å². The monoisotopic (exact) mass is 288 g/mol. The van der Waals surface area contributed by atoms with Crippen LogP contribution in [0.15, 0.2) is 18.2 Å². The molecule has 1 N–H and O–H groups in total. The number of benzene rings is 1. The fraction of sp³-hybridized carbons (Fsp3) is 0.684. The Morgan fingerprint density at radius 3 is 2.48 bits per heavy atom. The largest absolute Gasteiger partial charge is 0.310 e. The lowest BCUT2D eigenvalue weighted by Gasteiger charge is -2.29. The van der Waals surface area contributed by atoms with Gasteiger partial charge in [0.05, 0.1) is 0 Å². The fourth-order valence-corrected chi connectivity index (χ4v) is 3.45. The lowest BCUT2D eigenvalue weighted by molar-refractivity contribution is 0.197. The summed E-state index contributed by atoms with van der Waals surface area (Å²) in [5, 5.41) is 3.72. The Morgan fingerprint density at radius 2 is 1.81 bits per heavy atom. The van der Waals surface area contributed by atoms with Gasteiger partial charge < -0.3 is 10.2 Å². The third-order valence-corrected chi connectivity index (χ3v) is 4.68. The molecule has 0 radical (unpaired) electrons. The molecule has 0 aromatic heterocycles. The molecule has 2 heteroatoms. The zero-order valence-electron chi connectivity index (χ0n) is 14.3. The van der Waals surface area contributed by atoms with Crippen LogP contribution in [0.2, 0.25) is 0 Å². The van der Waals surface area contributed by atoms with Gasteiger partial charge >= 0.3 is 0 Å². The van der Waals surface area contributed by atoms with Crippen LogP contribution in [0.5, 0.6) is 0 Å². The minimum absolute atomic E-state index is 0.439. The van der Waals surface area contributed by atoms with Gasteiger partial charge in [-0.2, -0.15) is 0 Å². The first-order valence-corrected chi connectivity index (χ1v) is 8.59. The third kappa shape index (κ3) is 5.12. The summed E-state index contributed by atoms with van der Waals surface area (Å²) in [4.78, 5) is 2.64. The van der Waals surface area contributed by atoms with Gasteiger partial charge in [-0.1, -0.05) is 37.1 Å². The zero-order valence-corrected chi connectivity index (χ0v) is 14.3. The molecule has 0 bridgehead atoms. The molecule has 1 aliphatic heterocycles. The summed E-state index contributed by atoms with van der Waals surface area (Å²) in [6.07, 6.45) is 4.20. The van der Waals surface area contributed by atoms with E-state index in [2.05, 4.69) is 56.1 Å². The molecular formula is C19H32N2. The number of piperidine rings is 1. The number of hydrogen-bond acceptors (Lipinski definition) is 2. The SMILES string of the molecule is Cc1ccc(C(C)NCC(C)CN2CCCCC2)c(C)c1. The zero-order chi connectivity index (χ0) is 15.2. The van der Waals surface area contributed by atoms with Crippen LogP contribution >= 0.6 is 0 Å². The smallest absolute Gasteiger partial charge is 0.0294 e. The number of nitrogens with one attached hydrogen (secondary N) is 1. The molecule has 2 nitrogen and oxygen atoms in total. The van der Waals surface area contributed by atoms with Gasteiger partial charge in [-0.3, -0.25) is 0 Å². The average Bonchev–Trinajstić information content (AvgIpc) is 2.46. The van der Waals surface area contributed by atoms with Crippen LogP contribution in [0.3, 0.4) is 0 Å². The Morgan fingerprint density at radius 1 is 1.10 bits per heavy atom. The fourth-order valence-electron chi connectivity index (χ4n) is 3.45. The third-order valence-electron chi connectivity index (χ3n) is 4.68. The predicted molar refractivity (Wildman–Crippen MR) is 91.8 cm³/mol. The second-order valence-corrected chi connectivity index (χ2v) is 6.96. The van der Waals surface area contributed by atoms with E-state index in [-0.39, 0.29) is 0 Å². The molecule has 1 aliphatic rings. The second-order valence-electron chi connectivity index (χ2n) is 6.96. The van der Waals surface area contributed by atoms with Crippen molar-refractivity contribution in [3.63, 3.8) is 0 Å². The highest BCUT2D eigenvalue weighted by Gasteiger charge is 2.14. The van der Waals surface area contributed by atoms with E-state index >= 15 is 0 Å². The predicted octanol–water partition coefficient (Wildman–Crippen LogP) is 4.08. The van der Waals surface area contributed by atoms with Crippen LogP contribution in [-0.4, -0.2) is 31.1 Å². The van der Waals surface area contributed by atoms with E-state index in [9.17, 15) is 0 Å². The summed E-state index contributed by atoms with van der Waals surface area (Å²) < 4.78 is 0. The quantitative estimate of drug-likeness (QED) is 0.848. The van der Waals surface area contributed by atoms with Crippen molar-refractivity contribution < 1.29 is 0 Å². The van der Waals surface area contributed by atoms with Crippen LogP contribution < -0.4 is 5.32 Å². The molecular weight excluding hydrogens is 256 g/mol. The highest BCUT2D eigenvalue weighted by Crippen LogP contribution is 2.19. The van der Waals surface area contributed by atoms with E-state index in [0.29, 0.717) is 6.04 Å². The summed E-state index contributed by atoms with van der Waals surface area (Å²) >= 11 is 0. The Labute approximate surface area is 130 Å². The van der Waals surface area contributed by atoms with E-state index < -0.39 is 0 Å². The molecule has 0 saturated carbocycles. The molecule has 1 heterocycles. The number of aryl methyl sites for hydroxylation is 2. The van der Waals surface area contributed by atoms with E-state index in [1.54, 1.807) is 0 Å². The van der Waals surface area contributed by atoms with Crippen molar-refractivity contribution in [2.75, 3.05) is 26.2 Å². The van der Waals surface area contributed by atoms with Crippen molar-refractivity contribution in [3.8, 4) is 0 Å². The van der Waals surface area contributed by atoms with Crippen LogP contribution in [0.1, 0.15) is 55.8 Å². The van der Waals surface area contributed by atoms with E-state index in [0.717, 1.165) is 12.5 Å². The summed E-state index contributed by atoms with van der Waals surface area (Å²) in [7, 11) is 0. The number of rotatable bonds is 6. The number of hydrogen-bond donors (Lipinski definition) is 1. The average molecular weight is 288 g/mol. The molecule has 0 aliphatic carbocycles. The number of nitrogens with zero attached hydrogens (tertiary/aromatic N) is 1. The Hall–Kier alpha value is -0.860. The molecule has 1 saturated heterocycles. The topological polar surface area (TPSA) is 15.3 Å². The molecule has 1 fully saturated rings. The standard InChI is InChI=1S/C19H32N2/c1-15-8-9-19(17(3)12-15)18(4)20-13-16(2)14-21-10-6-5-7-11-21/h8-9,12,16,18,20H,5-7,10-11,13-14H2,1-4H3. The molecule has 0 amide bonds. The lowest BCUT2D eigenvalue weighted by Crippen LogP contribution is -2.37. The molecule has 118 valence electrons. The maximum atomic E-state index is 3.72. The van der Waals surface area contributed by atoms with Crippen molar-refractivity contribution in [3.05, 3.63) is 34.9 Å². The molecule has 2 rings (SSSR count). The molecule has 1 aromatic carbocycles. The van der Waals surface area contributed by atoms with Crippen molar-refractivity contribution in [2.45, 2.75) is 53.0 Å². The highest BCUT2D eigenvalue weighted by atomic mass is 15.1. The van der Waals surface area contributed by atoms with Gasteiger partial charge in [0.25, 0.3) is 0 Å². The van der Waals surface area contributed by atoms with Crippen LogP contribution in [-0.2, 0) is 0 Å². The molecule has 2 unspecified atom stereocenters. The molecule has 2 atom stereocenters. The summed E-state index contributed by atoms with van der Waals surface area (Å²) in [5.41, 5.74) is 4.19. The Balaban J connectivity index is 1.78. The van der Waals surface area contributed by atoms with E-state index in [1.165, 1.54) is 55.6 Å². The van der Waals surface area contributed by atoms with Crippen LogP contribution in [0.4, 0.5) is 0 Å². The first kappa shape index (κ1) is 16.5. The van der Waals surface area contributed by atoms with Gasteiger partial charge in [-0.05, 0) is 70.3 Å². The first-order chi connectivity index (χ1) is 10.1. The normalized spacial score (nSPS) is 19.4. The van der Waals surface area contributed by atoms with Gasteiger partial charge in [0.2, 0.25) is 0 Å². The van der Waals surface area contributed by atoms with Crippen molar-refractivity contribution in [1.82, 2.24) is 10.2 Å². The highest BCUT2D eigenvalue weighted by molar-refractivity contribution is 5.32. The minimum atomic E-state index is 0.439. The number of likely N-dealkylation sites (tertiary alicyclic amines) is 1. The van der Waals surface area contributed by atoms with E-state index in [4.69, 9.17) is 0 Å². The van der Waals surface area contributed by atoms with Crippen molar-refractivity contribution in [2.24, 2.45) is 5.92 Å². The second kappa shape index (κ2) is 7.95. The van der Waals surface area contributed by atoms with E-state index in [1.807, 2.05) is 0 Å². The lowest BCUT2D eigenvalue weighted by atomic mass is 9.99. The summed E-state index contributed by atoms with van der Waals surface area (Å²) in [6.45, 7) is 14.0. The van der Waals surface area contributed by atoms with Gasteiger partial charge in [0.15, 0.2) is 0 Å². The van der Waals surface area contributed by atoms with Gasteiger partial charge in [-0.25, -0.2) is 0 Å². The van der Waals surface area contributed by atoms with Gasteiger partial charge in [0.1, 0.15) is 0 Å². The Bertz CT molecular complexity index is 435. The maximum Gasteiger partial charge on any atom is 0.0294 e. The van der Waals surface area contributed by atoms with Crippen LogP contribution in [0.25, 0.3) is 0 Å². The van der Waals surface area contributed by atoms with Crippen molar-refractivity contribution >= 4 is 0 Å².